The Bertz CT molecular complexity index is 476. The van der Waals surface area contributed by atoms with Crippen LogP contribution in [0.1, 0.15) is 33.6 Å². The molecule has 0 N–H and O–H groups in total. The molecule has 2 rings (SSSR count). The summed E-state index contributed by atoms with van der Waals surface area (Å²) in [7, 11) is -1.63. The van der Waals surface area contributed by atoms with Crippen LogP contribution in [0.4, 0.5) is 5.69 Å². The summed E-state index contributed by atoms with van der Waals surface area (Å²) < 4.78 is 7.75. The van der Waals surface area contributed by atoms with E-state index in [1.807, 2.05) is 0 Å². The van der Waals surface area contributed by atoms with E-state index in [1.165, 1.54) is 10.2 Å². The van der Waals surface area contributed by atoms with Crippen LogP contribution in [0.25, 0.3) is 0 Å². The first-order chi connectivity index (χ1) is 9.71. The van der Waals surface area contributed by atoms with Crippen LogP contribution < -0.4 is 4.90 Å². The predicted molar refractivity (Wildman–Crippen MR) is 97.7 cm³/mol. The number of piperidine rings is 1. The molecule has 0 spiro atoms. The number of hydrogen-bond donors (Lipinski definition) is 0. The maximum atomic E-state index is 6.56. The Kier molecular flexibility index (Phi) is 5.22. The molecule has 118 valence electrons. The summed E-state index contributed by atoms with van der Waals surface area (Å²) in [5.74, 6) is 0. The summed E-state index contributed by atoms with van der Waals surface area (Å²) in [5, 5.41) is 0.298. The molecule has 0 amide bonds. The molecule has 21 heavy (non-hydrogen) atoms. The van der Waals surface area contributed by atoms with E-state index in [9.17, 15) is 0 Å². The van der Waals surface area contributed by atoms with Crippen LogP contribution >= 0.6 is 15.9 Å². The highest BCUT2D eigenvalue weighted by molar-refractivity contribution is 9.10. The van der Waals surface area contributed by atoms with Gasteiger partial charge < -0.3 is 9.33 Å². The molecule has 0 bridgehead atoms. The van der Waals surface area contributed by atoms with Crippen LogP contribution in [0, 0.1) is 0 Å². The highest BCUT2D eigenvalue weighted by atomic mass is 79.9. The molecule has 1 fully saturated rings. The molecule has 1 aromatic rings. The molecule has 1 aliphatic heterocycles. The van der Waals surface area contributed by atoms with Gasteiger partial charge in [0.05, 0.1) is 5.69 Å². The summed E-state index contributed by atoms with van der Waals surface area (Å²) in [6.45, 7) is 13.8. The van der Waals surface area contributed by atoms with Crippen molar-refractivity contribution in [1.82, 2.24) is 0 Å². The topological polar surface area (TPSA) is 12.5 Å². The quantitative estimate of drug-likeness (QED) is 0.657. The van der Waals surface area contributed by atoms with Gasteiger partial charge in [0.25, 0.3) is 0 Å². The molecule has 4 heteroatoms. The summed E-state index contributed by atoms with van der Waals surface area (Å²) in [6.07, 6.45) is 2.70. The molecule has 1 heterocycles. The third-order valence-corrected chi connectivity index (χ3v) is 10.1. The number of benzene rings is 1. The Morgan fingerprint density at radius 2 is 1.71 bits per heavy atom. The van der Waals surface area contributed by atoms with Gasteiger partial charge in [-0.2, -0.15) is 0 Å². The van der Waals surface area contributed by atoms with Crippen LogP contribution in [0.5, 0.6) is 0 Å². The largest absolute Gasteiger partial charge is 0.414 e. The Hall–Kier alpha value is -0.323. The van der Waals surface area contributed by atoms with Gasteiger partial charge in [0.1, 0.15) is 0 Å². The van der Waals surface area contributed by atoms with Gasteiger partial charge in [0.2, 0.25) is 0 Å². The number of hydrogen-bond acceptors (Lipinski definition) is 2. The van der Waals surface area contributed by atoms with Gasteiger partial charge >= 0.3 is 0 Å². The minimum absolute atomic E-state index is 0.298. The van der Waals surface area contributed by atoms with Crippen molar-refractivity contribution >= 4 is 29.9 Å². The highest BCUT2D eigenvalue weighted by Crippen LogP contribution is 2.38. The van der Waals surface area contributed by atoms with Crippen molar-refractivity contribution in [2.75, 3.05) is 18.0 Å². The first-order valence-electron chi connectivity index (χ1n) is 7.88. The Morgan fingerprint density at radius 3 is 2.24 bits per heavy atom. The third kappa shape index (κ3) is 4.11. The van der Waals surface area contributed by atoms with E-state index >= 15 is 0 Å². The van der Waals surface area contributed by atoms with Gasteiger partial charge in [0, 0.05) is 23.7 Å². The van der Waals surface area contributed by atoms with Gasteiger partial charge in [-0.3, -0.25) is 0 Å². The van der Waals surface area contributed by atoms with Gasteiger partial charge in [-0.15, -0.1) is 0 Å². The molecule has 0 saturated carbocycles. The van der Waals surface area contributed by atoms with Crippen LogP contribution in [-0.4, -0.2) is 27.5 Å². The SMILES string of the molecule is CC(C)(C)[Si](C)(C)OC1CCN(c2ccccc2Br)CC1. The van der Waals surface area contributed by atoms with Gasteiger partial charge in [-0.05, 0) is 59.0 Å². The van der Waals surface area contributed by atoms with Gasteiger partial charge in [0.15, 0.2) is 8.32 Å². The van der Waals surface area contributed by atoms with Crippen LogP contribution in [0.2, 0.25) is 18.1 Å². The van der Waals surface area contributed by atoms with E-state index in [4.69, 9.17) is 4.43 Å². The van der Waals surface area contributed by atoms with Crippen molar-refractivity contribution in [3.63, 3.8) is 0 Å². The van der Waals surface area contributed by atoms with Crippen molar-refractivity contribution in [2.45, 2.75) is 57.8 Å². The molecule has 1 saturated heterocycles. The minimum Gasteiger partial charge on any atom is -0.414 e. The van der Waals surface area contributed by atoms with E-state index in [2.05, 4.69) is 79.0 Å². The fourth-order valence-electron chi connectivity index (χ4n) is 2.52. The molecular formula is C17H28BrNOSi. The monoisotopic (exact) mass is 369 g/mol. The van der Waals surface area contributed by atoms with E-state index in [0.717, 1.165) is 25.9 Å². The third-order valence-electron chi connectivity index (χ3n) is 4.90. The molecule has 1 aliphatic rings. The summed E-state index contributed by atoms with van der Waals surface area (Å²) >= 11 is 3.66. The number of anilines is 1. The number of nitrogens with zero attached hydrogens (tertiary/aromatic N) is 1. The van der Waals surface area contributed by atoms with Crippen molar-refractivity contribution in [3.05, 3.63) is 28.7 Å². The van der Waals surface area contributed by atoms with E-state index in [0.29, 0.717) is 11.1 Å². The zero-order valence-electron chi connectivity index (χ0n) is 13.9. The first-order valence-corrected chi connectivity index (χ1v) is 11.6. The second-order valence-electron chi connectivity index (χ2n) is 7.52. The van der Waals surface area contributed by atoms with Crippen LogP contribution in [0.15, 0.2) is 28.7 Å². The molecule has 0 unspecified atom stereocenters. The maximum absolute atomic E-state index is 6.56. The van der Waals surface area contributed by atoms with E-state index in [1.54, 1.807) is 0 Å². The zero-order valence-corrected chi connectivity index (χ0v) is 16.5. The fraction of sp³-hybridized carbons (Fsp3) is 0.647. The second-order valence-corrected chi connectivity index (χ2v) is 13.1. The molecule has 0 aromatic heterocycles. The van der Waals surface area contributed by atoms with Crippen molar-refractivity contribution in [2.24, 2.45) is 0 Å². The zero-order chi connectivity index (χ0) is 15.7. The lowest BCUT2D eigenvalue weighted by Crippen LogP contribution is -2.47. The van der Waals surface area contributed by atoms with Gasteiger partial charge in [-0.25, -0.2) is 0 Å². The summed E-state index contributed by atoms with van der Waals surface area (Å²) in [4.78, 5) is 2.47. The molecule has 2 nitrogen and oxygen atoms in total. The molecular weight excluding hydrogens is 342 g/mol. The van der Waals surface area contributed by atoms with Gasteiger partial charge in [-0.1, -0.05) is 32.9 Å². The van der Waals surface area contributed by atoms with E-state index in [-0.39, 0.29) is 0 Å². The standard InChI is InChI=1S/C17H28BrNOSi/c1-17(2,3)21(4,5)20-14-10-12-19(13-11-14)16-9-7-6-8-15(16)18/h6-9,14H,10-13H2,1-5H3. The number of para-hydroxylation sites is 1. The predicted octanol–water partition coefficient (Wildman–Crippen LogP) is 5.44. The first kappa shape index (κ1) is 17.0. The lowest BCUT2D eigenvalue weighted by atomic mass is 10.1. The van der Waals surface area contributed by atoms with Crippen molar-refractivity contribution < 1.29 is 4.43 Å². The average molecular weight is 370 g/mol. The second kappa shape index (κ2) is 6.43. The Balaban J connectivity index is 1.94. The minimum atomic E-state index is -1.63. The van der Waals surface area contributed by atoms with Crippen molar-refractivity contribution in [3.8, 4) is 0 Å². The average Bonchev–Trinajstić information content (AvgIpc) is 2.39. The molecule has 0 radical (unpaired) electrons. The molecule has 0 aliphatic carbocycles. The number of rotatable bonds is 3. The van der Waals surface area contributed by atoms with Crippen LogP contribution in [-0.2, 0) is 4.43 Å². The Labute approximate surface area is 139 Å². The lowest BCUT2D eigenvalue weighted by Gasteiger charge is -2.42. The number of halogens is 1. The maximum Gasteiger partial charge on any atom is 0.192 e. The molecule has 0 atom stereocenters. The van der Waals surface area contributed by atoms with Crippen molar-refractivity contribution in [1.29, 1.82) is 0 Å². The van der Waals surface area contributed by atoms with E-state index < -0.39 is 8.32 Å². The lowest BCUT2D eigenvalue weighted by molar-refractivity contribution is 0.152. The smallest absolute Gasteiger partial charge is 0.192 e. The summed E-state index contributed by atoms with van der Waals surface area (Å²) in [6, 6.07) is 8.49. The Morgan fingerprint density at radius 1 is 1.14 bits per heavy atom. The normalized spacial score (nSPS) is 18.1. The fourth-order valence-corrected chi connectivity index (χ4v) is 4.47. The highest BCUT2D eigenvalue weighted by Gasteiger charge is 2.39. The summed E-state index contributed by atoms with van der Waals surface area (Å²) in [5.41, 5.74) is 1.31. The molecule has 1 aromatic carbocycles. The van der Waals surface area contributed by atoms with Crippen LogP contribution in [0.3, 0.4) is 0 Å².